The minimum absolute atomic E-state index is 0.108. The highest BCUT2D eigenvalue weighted by atomic mass is 79.9. The van der Waals surface area contributed by atoms with Crippen molar-refractivity contribution in [2.45, 2.75) is 31.4 Å². The van der Waals surface area contributed by atoms with Gasteiger partial charge in [-0.1, -0.05) is 0 Å². The highest BCUT2D eigenvalue weighted by Crippen LogP contribution is 2.20. The standard InChI is InChI=1S/C9H15BrN2O3S/c1-3-12-9(8(10)4-11-12)6-16(14,15)7(2)5-13/h4,7,13H,3,5-6H2,1-2H3. The number of aliphatic hydroxyl groups is 1. The molecule has 0 aromatic carbocycles. The van der Waals surface area contributed by atoms with Gasteiger partial charge < -0.3 is 5.11 Å². The first kappa shape index (κ1) is 13.7. The van der Waals surface area contributed by atoms with E-state index in [2.05, 4.69) is 21.0 Å². The second-order valence-electron chi connectivity index (χ2n) is 3.56. The first-order chi connectivity index (χ1) is 7.42. The lowest BCUT2D eigenvalue weighted by Crippen LogP contribution is -2.24. The van der Waals surface area contributed by atoms with Crippen molar-refractivity contribution in [2.75, 3.05) is 6.61 Å². The number of hydrogen-bond donors (Lipinski definition) is 1. The van der Waals surface area contributed by atoms with Crippen molar-refractivity contribution in [3.8, 4) is 0 Å². The van der Waals surface area contributed by atoms with Crippen molar-refractivity contribution in [2.24, 2.45) is 0 Å². The zero-order chi connectivity index (χ0) is 12.3. The van der Waals surface area contributed by atoms with Crippen LogP contribution in [-0.4, -0.2) is 35.2 Å². The molecule has 0 radical (unpaired) electrons. The predicted octanol–water partition coefficient (Wildman–Crippen LogP) is 0.961. The zero-order valence-electron chi connectivity index (χ0n) is 9.22. The van der Waals surface area contributed by atoms with E-state index in [4.69, 9.17) is 5.11 Å². The summed E-state index contributed by atoms with van der Waals surface area (Å²) in [6.07, 6.45) is 1.58. The Balaban J connectivity index is 3.00. The third-order valence-corrected chi connectivity index (χ3v) is 5.12. The van der Waals surface area contributed by atoms with E-state index >= 15 is 0 Å². The normalized spacial score (nSPS) is 14.0. The van der Waals surface area contributed by atoms with Gasteiger partial charge in [-0.2, -0.15) is 5.10 Å². The summed E-state index contributed by atoms with van der Waals surface area (Å²) in [6, 6.07) is 0. The van der Waals surface area contributed by atoms with Crippen LogP contribution in [0, 0.1) is 0 Å². The molecule has 0 fully saturated rings. The lowest BCUT2D eigenvalue weighted by molar-refractivity contribution is 0.295. The summed E-state index contributed by atoms with van der Waals surface area (Å²) < 4.78 is 26.0. The fourth-order valence-electron chi connectivity index (χ4n) is 1.25. The highest BCUT2D eigenvalue weighted by Gasteiger charge is 2.23. The molecule has 16 heavy (non-hydrogen) atoms. The Morgan fingerprint density at radius 1 is 1.62 bits per heavy atom. The molecule has 1 aromatic heterocycles. The Labute approximate surface area is 104 Å². The van der Waals surface area contributed by atoms with Crippen molar-refractivity contribution >= 4 is 25.8 Å². The molecule has 0 bridgehead atoms. The van der Waals surface area contributed by atoms with E-state index in [9.17, 15) is 8.42 Å². The molecule has 0 saturated heterocycles. The second-order valence-corrected chi connectivity index (χ2v) is 6.83. The molecular weight excluding hydrogens is 296 g/mol. The van der Waals surface area contributed by atoms with Gasteiger partial charge in [0.05, 0.1) is 34.0 Å². The molecule has 0 spiro atoms. The van der Waals surface area contributed by atoms with Crippen molar-refractivity contribution in [1.82, 2.24) is 9.78 Å². The van der Waals surface area contributed by atoms with Crippen LogP contribution in [0.15, 0.2) is 10.7 Å². The minimum atomic E-state index is -3.33. The fraction of sp³-hybridized carbons (Fsp3) is 0.667. The van der Waals surface area contributed by atoms with Gasteiger partial charge in [-0.05, 0) is 29.8 Å². The molecule has 0 saturated carbocycles. The highest BCUT2D eigenvalue weighted by molar-refractivity contribution is 9.10. The van der Waals surface area contributed by atoms with Crippen LogP contribution in [0.3, 0.4) is 0 Å². The van der Waals surface area contributed by atoms with Crippen LogP contribution in [-0.2, 0) is 22.1 Å². The average molecular weight is 311 g/mol. The lowest BCUT2D eigenvalue weighted by atomic mass is 10.5. The first-order valence-corrected chi connectivity index (χ1v) is 7.45. The van der Waals surface area contributed by atoms with Crippen molar-refractivity contribution in [3.63, 3.8) is 0 Å². The van der Waals surface area contributed by atoms with Crippen molar-refractivity contribution in [3.05, 3.63) is 16.4 Å². The largest absolute Gasteiger partial charge is 0.395 e. The zero-order valence-corrected chi connectivity index (χ0v) is 11.6. The fourth-order valence-corrected chi connectivity index (χ4v) is 3.07. The number of hydrogen-bond acceptors (Lipinski definition) is 4. The van der Waals surface area contributed by atoms with E-state index in [-0.39, 0.29) is 12.4 Å². The molecule has 1 N–H and O–H groups in total. The summed E-state index contributed by atoms with van der Waals surface area (Å²) >= 11 is 3.27. The Morgan fingerprint density at radius 2 is 2.25 bits per heavy atom. The molecule has 0 aliphatic heterocycles. The molecule has 1 rings (SSSR count). The Kier molecular flexibility index (Phi) is 4.52. The van der Waals surface area contributed by atoms with Crippen molar-refractivity contribution < 1.29 is 13.5 Å². The van der Waals surface area contributed by atoms with Crippen molar-refractivity contribution in [1.29, 1.82) is 0 Å². The van der Waals surface area contributed by atoms with Gasteiger partial charge in [0.2, 0.25) is 0 Å². The maximum atomic E-state index is 11.8. The maximum absolute atomic E-state index is 11.8. The first-order valence-electron chi connectivity index (χ1n) is 4.95. The average Bonchev–Trinajstić information content (AvgIpc) is 2.58. The van der Waals surface area contributed by atoms with Gasteiger partial charge in [-0.3, -0.25) is 4.68 Å². The van der Waals surface area contributed by atoms with Crippen LogP contribution in [0.1, 0.15) is 19.5 Å². The lowest BCUT2D eigenvalue weighted by Gasteiger charge is -2.11. The van der Waals surface area contributed by atoms with Gasteiger partial charge in [-0.15, -0.1) is 0 Å². The molecule has 0 amide bonds. The molecule has 92 valence electrons. The van der Waals surface area contributed by atoms with E-state index < -0.39 is 15.1 Å². The maximum Gasteiger partial charge on any atom is 0.160 e. The smallest absolute Gasteiger partial charge is 0.160 e. The molecule has 5 nitrogen and oxygen atoms in total. The molecule has 1 heterocycles. The summed E-state index contributed by atoms with van der Waals surface area (Å²) in [7, 11) is -3.33. The monoisotopic (exact) mass is 310 g/mol. The molecule has 7 heteroatoms. The summed E-state index contributed by atoms with van der Waals surface area (Å²) in [6.45, 7) is 3.64. The van der Waals surface area contributed by atoms with Crippen LogP contribution < -0.4 is 0 Å². The van der Waals surface area contributed by atoms with Crippen LogP contribution in [0.2, 0.25) is 0 Å². The number of sulfone groups is 1. The number of halogens is 1. The molecule has 0 aliphatic carbocycles. The minimum Gasteiger partial charge on any atom is -0.395 e. The van der Waals surface area contributed by atoms with Gasteiger partial charge in [0.15, 0.2) is 9.84 Å². The van der Waals surface area contributed by atoms with Gasteiger partial charge in [0.25, 0.3) is 0 Å². The van der Waals surface area contributed by atoms with Crippen LogP contribution in [0.5, 0.6) is 0 Å². The van der Waals surface area contributed by atoms with E-state index in [1.165, 1.54) is 6.92 Å². The third-order valence-electron chi connectivity index (χ3n) is 2.41. The van der Waals surface area contributed by atoms with Gasteiger partial charge in [0, 0.05) is 6.54 Å². The summed E-state index contributed by atoms with van der Waals surface area (Å²) in [5, 5.41) is 12.2. The number of rotatable bonds is 5. The molecule has 0 aliphatic rings. The van der Waals surface area contributed by atoms with Gasteiger partial charge in [0.1, 0.15) is 0 Å². The predicted molar refractivity (Wildman–Crippen MR) is 64.8 cm³/mol. The van der Waals surface area contributed by atoms with Crippen LogP contribution in [0.4, 0.5) is 0 Å². The number of nitrogens with zero attached hydrogens (tertiary/aromatic N) is 2. The quantitative estimate of drug-likeness (QED) is 0.879. The number of aryl methyl sites for hydroxylation is 1. The Hall–Kier alpha value is -0.400. The summed E-state index contributed by atoms with van der Waals surface area (Å²) in [5.41, 5.74) is 0.628. The molecule has 1 aromatic rings. The molecule has 1 atom stereocenters. The number of aliphatic hydroxyl groups excluding tert-OH is 1. The Morgan fingerprint density at radius 3 is 2.75 bits per heavy atom. The van der Waals surface area contributed by atoms with E-state index in [1.807, 2.05) is 6.92 Å². The number of aromatic nitrogens is 2. The topological polar surface area (TPSA) is 72.2 Å². The molecule has 1 unspecified atom stereocenters. The third kappa shape index (κ3) is 2.83. The molecular formula is C9H15BrN2O3S. The summed E-state index contributed by atoms with van der Waals surface area (Å²) in [5.74, 6) is -0.108. The van der Waals surface area contributed by atoms with Crippen LogP contribution in [0.25, 0.3) is 0 Å². The second kappa shape index (κ2) is 5.29. The SMILES string of the molecule is CCn1ncc(Br)c1CS(=O)(=O)C(C)CO. The van der Waals surface area contributed by atoms with Gasteiger partial charge in [-0.25, -0.2) is 8.42 Å². The summed E-state index contributed by atoms with van der Waals surface area (Å²) in [4.78, 5) is 0. The van der Waals surface area contributed by atoms with E-state index in [0.29, 0.717) is 16.7 Å². The van der Waals surface area contributed by atoms with Gasteiger partial charge >= 0.3 is 0 Å². The van der Waals surface area contributed by atoms with E-state index in [0.717, 1.165) is 0 Å². The van der Waals surface area contributed by atoms with Crippen LogP contribution >= 0.6 is 15.9 Å². The Bertz CT molecular complexity index is 455. The van der Waals surface area contributed by atoms with E-state index in [1.54, 1.807) is 10.9 Å².